The molecule has 0 saturated carbocycles. The molecule has 3 aromatic rings. The number of likely N-dealkylation sites (tertiary alicyclic amines) is 1. The van der Waals surface area contributed by atoms with E-state index in [4.69, 9.17) is 4.52 Å². The lowest BCUT2D eigenvalue weighted by Crippen LogP contribution is -2.30. The molecular weight excluding hydrogens is 326 g/mol. The van der Waals surface area contributed by atoms with Gasteiger partial charge in [0.15, 0.2) is 0 Å². The van der Waals surface area contributed by atoms with Gasteiger partial charge in [-0.15, -0.1) is 0 Å². The molecule has 0 bridgehead atoms. The maximum atomic E-state index is 12.8. The van der Waals surface area contributed by atoms with E-state index in [1.165, 1.54) is 10.9 Å². The highest BCUT2D eigenvalue weighted by Gasteiger charge is 2.33. The monoisotopic (exact) mass is 351 g/mol. The van der Waals surface area contributed by atoms with Crippen molar-refractivity contribution in [3.8, 4) is 0 Å². The number of carbonyl (C=O) groups is 1. The zero-order valence-electron chi connectivity index (χ0n) is 15.4. The number of fused-ring (bicyclic) bond motifs is 1. The molecule has 1 saturated heterocycles. The van der Waals surface area contributed by atoms with Crippen LogP contribution >= 0.6 is 0 Å². The minimum Gasteiger partial charge on any atom is -0.361 e. The molecule has 3 heterocycles. The number of amides is 1. The average Bonchev–Trinajstić information content (AvgIpc) is 3.34. The Kier molecular flexibility index (Phi) is 4.53. The highest BCUT2D eigenvalue weighted by molar-refractivity contribution is 5.83. The summed E-state index contributed by atoms with van der Waals surface area (Å²) in [6, 6.07) is 8.44. The van der Waals surface area contributed by atoms with Gasteiger partial charge >= 0.3 is 0 Å². The quantitative estimate of drug-likeness (QED) is 0.738. The van der Waals surface area contributed by atoms with Crippen LogP contribution in [0.5, 0.6) is 0 Å². The van der Waals surface area contributed by atoms with E-state index < -0.39 is 0 Å². The number of hydrogen-bond donors (Lipinski definition) is 1. The first kappa shape index (κ1) is 16.9. The molecule has 0 radical (unpaired) electrons. The number of carbonyl (C=O) groups excluding carboxylic acids is 1. The number of nitrogens with zero attached hydrogens (tertiary/aromatic N) is 2. The zero-order valence-corrected chi connectivity index (χ0v) is 15.4. The maximum absolute atomic E-state index is 12.8. The number of para-hydroxylation sites is 1. The Labute approximate surface area is 153 Å². The third-order valence-corrected chi connectivity index (χ3v) is 5.51. The minimum absolute atomic E-state index is 0.127. The van der Waals surface area contributed by atoms with E-state index in [0.717, 1.165) is 54.8 Å². The van der Waals surface area contributed by atoms with Gasteiger partial charge in [0.1, 0.15) is 5.76 Å². The Balaban J connectivity index is 1.40. The Bertz CT molecular complexity index is 905. The molecule has 136 valence electrons. The molecule has 2 aromatic heterocycles. The SMILES string of the molecule is Cc1noc(C)c1[C@@H]1CCCN1C(=O)CCCc1c[nH]c2ccccc12. The molecule has 1 N–H and O–H groups in total. The number of aromatic nitrogens is 2. The van der Waals surface area contributed by atoms with Crippen molar-refractivity contribution in [2.75, 3.05) is 6.54 Å². The van der Waals surface area contributed by atoms with Gasteiger partial charge in [0.2, 0.25) is 5.91 Å². The van der Waals surface area contributed by atoms with Crippen LogP contribution < -0.4 is 0 Å². The summed E-state index contributed by atoms with van der Waals surface area (Å²) in [5.41, 5.74) is 4.46. The second kappa shape index (κ2) is 6.98. The predicted octanol–water partition coefficient (Wildman–Crippen LogP) is 4.46. The van der Waals surface area contributed by atoms with Crippen LogP contribution in [-0.4, -0.2) is 27.5 Å². The molecule has 0 aliphatic carbocycles. The number of aromatic amines is 1. The van der Waals surface area contributed by atoms with Crippen molar-refractivity contribution >= 4 is 16.8 Å². The minimum atomic E-state index is 0.127. The Morgan fingerprint density at radius 2 is 2.19 bits per heavy atom. The number of H-pyrrole nitrogens is 1. The molecule has 1 aliphatic heterocycles. The summed E-state index contributed by atoms with van der Waals surface area (Å²) in [7, 11) is 0. The number of aryl methyl sites for hydroxylation is 3. The van der Waals surface area contributed by atoms with Crippen LogP contribution in [0.4, 0.5) is 0 Å². The van der Waals surface area contributed by atoms with Gasteiger partial charge in [-0.1, -0.05) is 23.4 Å². The third kappa shape index (κ3) is 3.02. The van der Waals surface area contributed by atoms with Gasteiger partial charge in [0.05, 0.1) is 11.7 Å². The van der Waals surface area contributed by atoms with Crippen LogP contribution in [0, 0.1) is 13.8 Å². The summed E-state index contributed by atoms with van der Waals surface area (Å²) in [5.74, 6) is 1.08. The van der Waals surface area contributed by atoms with E-state index in [1.54, 1.807) is 0 Å². The Hall–Kier alpha value is -2.56. The van der Waals surface area contributed by atoms with Crippen molar-refractivity contribution in [1.29, 1.82) is 0 Å². The molecule has 1 aliphatic rings. The van der Waals surface area contributed by atoms with E-state index >= 15 is 0 Å². The normalized spacial score (nSPS) is 17.3. The summed E-state index contributed by atoms with van der Waals surface area (Å²) in [5, 5.41) is 5.32. The largest absolute Gasteiger partial charge is 0.361 e. The van der Waals surface area contributed by atoms with Crippen molar-refractivity contribution < 1.29 is 9.32 Å². The van der Waals surface area contributed by atoms with E-state index in [9.17, 15) is 4.79 Å². The molecule has 4 rings (SSSR count). The standard InChI is InChI=1S/C21H25N3O2/c1-14-21(15(2)26-23-14)19-10-6-12-24(19)20(25)11-5-7-16-13-22-18-9-4-3-8-17(16)18/h3-4,8-9,13,19,22H,5-7,10-12H2,1-2H3/t19-/m0/s1. The van der Waals surface area contributed by atoms with Crippen LogP contribution in [-0.2, 0) is 11.2 Å². The summed E-state index contributed by atoms with van der Waals surface area (Å²) in [6.07, 6.45) is 6.47. The first-order chi connectivity index (χ1) is 12.6. The summed E-state index contributed by atoms with van der Waals surface area (Å²) in [6.45, 7) is 4.73. The molecule has 1 fully saturated rings. The average molecular weight is 351 g/mol. The van der Waals surface area contributed by atoms with E-state index in [-0.39, 0.29) is 11.9 Å². The number of nitrogens with one attached hydrogen (secondary N) is 1. The van der Waals surface area contributed by atoms with E-state index in [0.29, 0.717) is 6.42 Å². The first-order valence-electron chi connectivity index (χ1n) is 9.42. The summed E-state index contributed by atoms with van der Waals surface area (Å²) < 4.78 is 5.32. The van der Waals surface area contributed by atoms with Crippen LogP contribution in [0.15, 0.2) is 35.0 Å². The van der Waals surface area contributed by atoms with Crippen molar-refractivity contribution in [2.45, 2.75) is 52.0 Å². The highest BCUT2D eigenvalue weighted by atomic mass is 16.5. The molecule has 5 heteroatoms. The van der Waals surface area contributed by atoms with Gasteiger partial charge in [-0.3, -0.25) is 4.79 Å². The lowest BCUT2D eigenvalue weighted by atomic mass is 10.0. The van der Waals surface area contributed by atoms with Crippen molar-refractivity contribution in [1.82, 2.24) is 15.0 Å². The van der Waals surface area contributed by atoms with Gasteiger partial charge in [-0.25, -0.2) is 0 Å². The van der Waals surface area contributed by atoms with E-state index in [2.05, 4.69) is 34.5 Å². The third-order valence-electron chi connectivity index (χ3n) is 5.51. The van der Waals surface area contributed by atoms with Gasteiger partial charge in [-0.05, 0) is 51.2 Å². The van der Waals surface area contributed by atoms with Crippen LogP contribution in [0.1, 0.15) is 54.3 Å². The van der Waals surface area contributed by atoms with Crippen molar-refractivity contribution in [3.63, 3.8) is 0 Å². The fourth-order valence-electron chi connectivity index (χ4n) is 4.24. The van der Waals surface area contributed by atoms with Crippen LogP contribution in [0.3, 0.4) is 0 Å². The van der Waals surface area contributed by atoms with Gasteiger partial charge in [0, 0.05) is 35.6 Å². The Morgan fingerprint density at radius 1 is 1.35 bits per heavy atom. The van der Waals surface area contributed by atoms with Gasteiger partial charge in [0.25, 0.3) is 0 Å². The van der Waals surface area contributed by atoms with Gasteiger partial charge < -0.3 is 14.4 Å². The molecule has 26 heavy (non-hydrogen) atoms. The molecule has 0 spiro atoms. The lowest BCUT2D eigenvalue weighted by Gasteiger charge is -2.24. The molecule has 1 atom stereocenters. The predicted molar refractivity (Wildman–Crippen MR) is 101 cm³/mol. The molecule has 5 nitrogen and oxygen atoms in total. The topological polar surface area (TPSA) is 62.1 Å². The lowest BCUT2D eigenvalue weighted by molar-refractivity contribution is -0.132. The van der Waals surface area contributed by atoms with Crippen LogP contribution in [0.25, 0.3) is 10.9 Å². The molecule has 1 aromatic carbocycles. The number of benzene rings is 1. The van der Waals surface area contributed by atoms with Crippen molar-refractivity contribution in [2.24, 2.45) is 0 Å². The maximum Gasteiger partial charge on any atom is 0.223 e. The zero-order chi connectivity index (χ0) is 18.1. The second-order valence-corrected chi connectivity index (χ2v) is 7.20. The first-order valence-corrected chi connectivity index (χ1v) is 9.42. The van der Waals surface area contributed by atoms with Crippen molar-refractivity contribution in [3.05, 3.63) is 53.0 Å². The smallest absolute Gasteiger partial charge is 0.223 e. The molecular formula is C21H25N3O2. The Morgan fingerprint density at radius 3 is 3.00 bits per heavy atom. The highest BCUT2D eigenvalue weighted by Crippen LogP contribution is 2.36. The van der Waals surface area contributed by atoms with Crippen LogP contribution in [0.2, 0.25) is 0 Å². The van der Waals surface area contributed by atoms with E-state index in [1.807, 2.05) is 24.8 Å². The fraction of sp³-hybridized carbons (Fsp3) is 0.429. The molecule has 1 amide bonds. The fourth-order valence-corrected chi connectivity index (χ4v) is 4.24. The summed E-state index contributed by atoms with van der Waals surface area (Å²) >= 11 is 0. The summed E-state index contributed by atoms with van der Waals surface area (Å²) in [4.78, 5) is 18.2. The molecule has 0 unspecified atom stereocenters. The number of hydrogen-bond acceptors (Lipinski definition) is 3. The van der Waals surface area contributed by atoms with Gasteiger partial charge in [-0.2, -0.15) is 0 Å². The second-order valence-electron chi connectivity index (χ2n) is 7.20. The number of rotatable bonds is 5.